The van der Waals surface area contributed by atoms with Crippen molar-refractivity contribution in [3.8, 4) is 6.07 Å². The van der Waals surface area contributed by atoms with E-state index in [2.05, 4.69) is 47.2 Å². The van der Waals surface area contributed by atoms with Gasteiger partial charge in [-0.05, 0) is 25.0 Å². The second-order valence-corrected chi connectivity index (χ2v) is 4.73. The predicted molar refractivity (Wildman–Crippen MR) is 70.0 cm³/mol. The van der Waals surface area contributed by atoms with E-state index < -0.39 is 0 Å². The zero-order chi connectivity index (χ0) is 12.0. The fourth-order valence-electron chi connectivity index (χ4n) is 1.70. The smallest absolute Gasteiger partial charge is 0.0638 e. The van der Waals surface area contributed by atoms with E-state index in [1.807, 2.05) is 18.2 Å². The molecular formula is C13H17BrN2. The molecule has 16 heavy (non-hydrogen) atoms. The van der Waals surface area contributed by atoms with Crippen LogP contribution in [-0.2, 0) is 0 Å². The van der Waals surface area contributed by atoms with Crippen LogP contribution < -0.4 is 5.32 Å². The Morgan fingerprint density at radius 3 is 2.69 bits per heavy atom. The Balaban J connectivity index is 2.68. The van der Waals surface area contributed by atoms with Gasteiger partial charge in [0.2, 0.25) is 0 Å². The first kappa shape index (κ1) is 13.2. The second kappa shape index (κ2) is 6.67. The summed E-state index contributed by atoms with van der Waals surface area (Å²) in [6.45, 7) is 4.22. The van der Waals surface area contributed by atoms with Crippen LogP contribution in [-0.4, -0.2) is 6.04 Å². The second-order valence-electron chi connectivity index (χ2n) is 3.88. The zero-order valence-electron chi connectivity index (χ0n) is 9.70. The first-order chi connectivity index (χ1) is 7.69. The van der Waals surface area contributed by atoms with Crippen LogP contribution >= 0.6 is 15.9 Å². The topological polar surface area (TPSA) is 35.8 Å². The Labute approximate surface area is 106 Å². The van der Waals surface area contributed by atoms with Gasteiger partial charge in [0.25, 0.3) is 0 Å². The minimum atomic E-state index is 0.258. The summed E-state index contributed by atoms with van der Waals surface area (Å²) in [5.41, 5.74) is 1.24. The maximum atomic E-state index is 8.71. The molecule has 0 aliphatic carbocycles. The number of benzene rings is 1. The Bertz CT molecular complexity index is 370. The van der Waals surface area contributed by atoms with E-state index in [0.717, 1.165) is 10.9 Å². The van der Waals surface area contributed by atoms with Crippen LogP contribution in [0.4, 0.5) is 0 Å². The van der Waals surface area contributed by atoms with Gasteiger partial charge < -0.3 is 5.32 Å². The van der Waals surface area contributed by atoms with Crippen molar-refractivity contribution >= 4 is 15.9 Å². The van der Waals surface area contributed by atoms with Crippen LogP contribution in [0.3, 0.4) is 0 Å². The van der Waals surface area contributed by atoms with Crippen molar-refractivity contribution in [1.82, 2.24) is 5.32 Å². The lowest BCUT2D eigenvalue weighted by Gasteiger charge is -2.21. The van der Waals surface area contributed by atoms with Crippen LogP contribution in [0.5, 0.6) is 0 Å². The lowest BCUT2D eigenvalue weighted by Crippen LogP contribution is -2.30. The minimum absolute atomic E-state index is 0.258. The molecule has 2 nitrogen and oxygen atoms in total. The predicted octanol–water partition coefficient (Wildman–Crippen LogP) is 3.79. The van der Waals surface area contributed by atoms with E-state index in [4.69, 9.17) is 5.26 Å². The van der Waals surface area contributed by atoms with E-state index in [1.165, 1.54) is 5.56 Å². The van der Waals surface area contributed by atoms with Gasteiger partial charge in [-0.2, -0.15) is 5.26 Å². The molecule has 0 bridgehead atoms. The average molecular weight is 281 g/mol. The van der Waals surface area contributed by atoms with E-state index in [1.54, 1.807) is 0 Å². The molecule has 0 heterocycles. The number of nitriles is 1. The van der Waals surface area contributed by atoms with E-state index >= 15 is 0 Å². The lowest BCUT2D eigenvalue weighted by molar-refractivity contribution is 0.447. The first-order valence-electron chi connectivity index (χ1n) is 5.56. The van der Waals surface area contributed by atoms with Gasteiger partial charge >= 0.3 is 0 Å². The Kier molecular flexibility index (Phi) is 5.51. The van der Waals surface area contributed by atoms with Crippen LogP contribution in [0.1, 0.15) is 38.3 Å². The minimum Gasteiger partial charge on any atom is -0.306 e. The first-order valence-corrected chi connectivity index (χ1v) is 6.35. The van der Waals surface area contributed by atoms with Gasteiger partial charge in [-0.1, -0.05) is 41.1 Å². The summed E-state index contributed by atoms with van der Waals surface area (Å²) < 4.78 is 1.11. The molecule has 1 aromatic rings. The SMILES string of the molecule is CCC(CC#N)N[C@H](C)c1ccccc1Br. The third kappa shape index (κ3) is 3.62. The number of hydrogen-bond donors (Lipinski definition) is 1. The summed E-state index contributed by atoms with van der Waals surface area (Å²) in [5.74, 6) is 0. The molecule has 0 amide bonds. The molecule has 86 valence electrons. The van der Waals surface area contributed by atoms with Crippen LogP contribution in [0.2, 0.25) is 0 Å². The molecule has 0 fully saturated rings. The van der Waals surface area contributed by atoms with Gasteiger partial charge in [-0.15, -0.1) is 0 Å². The molecular weight excluding hydrogens is 264 g/mol. The van der Waals surface area contributed by atoms with Gasteiger partial charge in [0.05, 0.1) is 12.5 Å². The number of hydrogen-bond acceptors (Lipinski definition) is 2. The van der Waals surface area contributed by atoms with Gasteiger partial charge in [0.1, 0.15) is 0 Å². The molecule has 1 aromatic carbocycles. The summed E-state index contributed by atoms with van der Waals surface area (Å²) in [5, 5.41) is 12.2. The van der Waals surface area contributed by atoms with Crippen molar-refractivity contribution < 1.29 is 0 Å². The lowest BCUT2D eigenvalue weighted by atomic mass is 10.1. The molecule has 0 radical (unpaired) electrons. The maximum absolute atomic E-state index is 8.71. The number of rotatable bonds is 5. The van der Waals surface area contributed by atoms with Gasteiger partial charge in [0, 0.05) is 16.6 Å². The van der Waals surface area contributed by atoms with Crippen LogP contribution in [0.25, 0.3) is 0 Å². The molecule has 0 saturated heterocycles. The standard InChI is InChI=1S/C13H17BrN2/c1-3-11(8-9-15)16-10(2)12-6-4-5-7-13(12)14/h4-7,10-11,16H,3,8H2,1-2H3/t10-,11?/m1/s1. The quantitative estimate of drug-likeness (QED) is 0.891. The van der Waals surface area contributed by atoms with Crippen molar-refractivity contribution in [1.29, 1.82) is 5.26 Å². The number of nitrogens with one attached hydrogen (secondary N) is 1. The Hall–Kier alpha value is -0.850. The molecule has 2 atom stereocenters. The third-order valence-corrected chi connectivity index (χ3v) is 3.41. The van der Waals surface area contributed by atoms with E-state index in [-0.39, 0.29) is 12.1 Å². The fourth-order valence-corrected chi connectivity index (χ4v) is 2.33. The molecule has 0 aliphatic heterocycles. The molecule has 0 saturated carbocycles. The highest BCUT2D eigenvalue weighted by Crippen LogP contribution is 2.23. The molecule has 3 heteroatoms. The Morgan fingerprint density at radius 2 is 2.12 bits per heavy atom. The third-order valence-electron chi connectivity index (χ3n) is 2.69. The van der Waals surface area contributed by atoms with E-state index in [9.17, 15) is 0 Å². The highest BCUT2D eigenvalue weighted by molar-refractivity contribution is 9.10. The number of halogens is 1. The summed E-state index contributed by atoms with van der Waals surface area (Å²) in [6.07, 6.45) is 1.54. The van der Waals surface area contributed by atoms with E-state index in [0.29, 0.717) is 6.42 Å². The van der Waals surface area contributed by atoms with Crippen molar-refractivity contribution in [2.75, 3.05) is 0 Å². The van der Waals surface area contributed by atoms with Crippen molar-refractivity contribution in [2.24, 2.45) is 0 Å². The monoisotopic (exact) mass is 280 g/mol. The van der Waals surface area contributed by atoms with Gasteiger partial charge in [0.15, 0.2) is 0 Å². The highest BCUT2D eigenvalue weighted by atomic mass is 79.9. The van der Waals surface area contributed by atoms with Crippen molar-refractivity contribution in [3.05, 3.63) is 34.3 Å². The van der Waals surface area contributed by atoms with Crippen molar-refractivity contribution in [2.45, 2.75) is 38.8 Å². The molecule has 1 N–H and O–H groups in total. The molecule has 1 unspecified atom stereocenters. The molecule has 0 aromatic heterocycles. The Morgan fingerprint density at radius 1 is 1.44 bits per heavy atom. The summed E-state index contributed by atoms with van der Waals surface area (Å²) in [4.78, 5) is 0. The van der Waals surface area contributed by atoms with Crippen LogP contribution in [0.15, 0.2) is 28.7 Å². The summed E-state index contributed by atoms with van der Waals surface area (Å²) in [6, 6.07) is 10.9. The number of nitrogens with zero attached hydrogens (tertiary/aromatic N) is 1. The highest BCUT2D eigenvalue weighted by Gasteiger charge is 2.13. The van der Waals surface area contributed by atoms with Gasteiger partial charge in [-0.25, -0.2) is 0 Å². The average Bonchev–Trinajstić information content (AvgIpc) is 2.28. The molecule has 0 spiro atoms. The normalized spacial score (nSPS) is 14.1. The van der Waals surface area contributed by atoms with Crippen LogP contribution in [0, 0.1) is 11.3 Å². The van der Waals surface area contributed by atoms with Crippen molar-refractivity contribution in [3.63, 3.8) is 0 Å². The fraction of sp³-hybridized carbons (Fsp3) is 0.462. The summed E-state index contributed by atoms with van der Waals surface area (Å²) >= 11 is 3.54. The largest absolute Gasteiger partial charge is 0.306 e. The zero-order valence-corrected chi connectivity index (χ0v) is 11.3. The molecule has 1 rings (SSSR count). The summed E-state index contributed by atoms with van der Waals surface area (Å²) in [7, 11) is 0. The maximum Gasteiger partial charge on any atom is 0.0638 e. The van der Waals surface area contributed by atoms with Gasteiger partial charge in [-0.3, -0.25) is 0 Å². The molecule has 0 aliphatic rings.